The molecule has 5 nitrogen and oxygen atoms in total. The second kappa shape index (κ2) is 5.60. The molecule has 0 radical (unpaired) electrons. The number of hydrogen-bond donors (Lipinski definition) is 2. The molecule has 0 spiro atoms. The maximum absolute atomic E-state index is 12.5. The molecule has 3 rings (SSSR count). The van der Waals surface area contributed by atoms with Crippen LogP contribution in [0.25, 0.3) is 10.3 Å². The van der Waals surface area contributed by atoms with Gasteiger partial charge < -0.3 is 11.1 Å². The molecule has 6 heteroatoms. The van der Waals surface area contributed by atoms with Crippen molar-refractivity contribution in [3.05, 3.63) is 17.3 Å². The molecule has 21 heavy (non-hydrogen) atoms. The first-order valence-corrected chi connectivity index (χ1v) is 8.19. The molecule has 1 aliphatic rings. The van der Waals surface area contributed by atoms with E-state index in [1.165, 1.54) is 24.2 Å². The average Bonchev–Trinajstić information content (AvgIpc) is 2.82. The van der Waals surface area contributed by atoms with Gasteiger partial charge in [-0.3, -0.25) is 4.79 Å². The van der Waals surface area contributed by atoms with E-state index in [0.717, 1.165) is 6.42 Å². The molecule has 3 N–H and O–H groups in total. The van der Waals surface area contributed by atoms with Gasteiger partial charge >= 0.3 is 0 Å². The van der Waals surface area contributed by atoms with E-state index in [9.17, 15) is 4.79 Å². The van der Waals surface area contributed by atoms with Gasteiger partial charge in [0.25, 0.3) is 5.91 Å². The Hall–Kier alpha value is -1.69. The summed E-state index contributed by atoms with van der Waals surface area (Å²) in [5.74, 6) is 1.05. The highest BCUT2D eigenvalue weighted by molar-refractivity contribution is 7.21. The summed E-state index contributed by atoms with van der Waals surface area (Å²) in [5.41, 5.74) is 7.12. The lowest BCUT2D eigenvalue weighted by Gasteiger charge is -2.34. The lowest BCUT2D eigenvalue weighted by Crippen LogP contribution is -2.43. The molecule has 0 saturated heterocycles. The Morgan fingerprint density at radius 1 is 1.33 bits per heavy atom. The number of hydrogen-bond acceptors (Lipinski definition) is 5. The maximum atomic E-state index is 12.5. The van der Waals surface area contributed by atoms with Gasteiger partial charge in [-0.2, -0.15) is 0 Å². The molecular weight excluding hydrogens is 284 g/mol. The first-order valence-electron chi connectivity index (χ1n) is 7.37. The minimum absolute atomic E-state index is 0.0942. The van der Waals surface area contributed by atoms with E-state index < -0.39 is 0 Å². The predicted molar refractivity (Wildman–Crippen MR) is 85.3 cm³/mol. The van der Waals surface area contributed by atoms with E-state index in [-0.39, 0.29) is 11.9 Å². The lowest BCUT2D eigenvalue weighted by atomic mass is 9.78. The number of nitrogens with one attached hydrogen (secondary N) is 1. The third-order valence-electron chi connectivity index (χ3n) is 4.59. The highest BCUT2D eigenvalue weighted by atomic mass is 32.1. The van der Waals surface area contributed by atoms with Crippen molar-refractivity contribution in [2.45, 2.75) is 39.2 Å². The molecule has 3 unspecified atom stereocenters. The first-order chi connectivity index (χ1) is 10.1. The summed E-state index contributed by atoms with van der Waals surface area (Å²) in [5, 5.41) is 3.15. The minimum Gasteiger partial charge on any atom is -0.396 e. The van der Waals surface area contributed by atoms with E-state index >= 15 is 0 Å². The maximum Gasteiger partial charge on any atom is 0.263 e. The van der Waals surface area contributed by atoms with Crippen LogP contribution in [0.2, 0.25) is 0 Å². The number of fused-ring (bicyclic) bond motifs is 1. The number of carbonyl (C=O) groups excluding carboxylic acids is 1. The fourth-order valence-electron chi connectivity index (χ4n) is 3.03. The van der Waals surface area contributed by atoms with Crippen molar-refractivity contribution in [2.75, 3.05) is 5.73 Å². The van der Waals surface area contributed by atoms with E-state index in [0.29, 0.717) is 32.7 Å². The van der Waals surface area contributed by atoms with Crippen LogP contribution in [0, 0.1) is 11.8 Å². The Morgan fingerprint density at radius 3 is 2.86 bits per heavy atom. The summed E-state index contributed by atoms with van der Waals surface area (Å²) < 4.78 is 0. The fourth-order valence-corrected chi connectivity index (χ4v) is 3.96. The van der Waals surface area contributed by atoms with Crippen molar-refractivity contribution >= 4 is 33.3 Å². The Bertz CT molecular complexity index is 669. The Labute approximate surface area is 128 Å². The molecule has 1 amide bonds. The van der Waals surface area contributed by atoms with Crippen LogP contribution in [0.3, 0.4) is 0 Å². The number of amides is 1. The van der Waals surface area contributed by atoms with E-state index in [1.807, 2.05) is 0 Å². The summed E-state index contributed by atoms with van der Waals surface area (Å²) in [6, 6.07) is 0.229. The largest absolute Gasteiger partial charge is 0.396 e. The minimum atomic E-state index is -0.0942. The van der Waals surface area contributed by atoms with Crippen LogP contribution < -0.4 is 11.1 Å². The summed E-state index contributed by atoms with van der Waals surface area (Å²) in [6.07, 6.45) is 6.66. The average molecular weight is 304 g/mol. The van der Waals surface area contributed by atoms with E-state index in [2.05, 4.69) is 29.1 Å². The van der Waals surface area contributed by atoms with Gasteiger partial charge in [-0.25, -0.2) is 9.97 Å². The standard InChI is InChI=1S/C15H20N4OS/c1-8-4-3-5-10(9(8)2)19-14(20)13-11(16)12-15(21-13)18-7-6-17-12/h6-10H,3-5,16H2,1-2H3,(H,19,20). The molecular formula is C15H20N4OS. The molecule has 0 bridgehead atoms. The summed E-state index contributed by atoms with van der Waals surface area (Å²) in [4.78, 5) is 22.2. The van der Waals surface area contributed by atoms with Crippen molar-refractivity contribution in [1.82, 2.24) is 15.3 Å². The van der Waals surface area contributed by atoms with E-state index in [1.54, 1.807) is 12.4 Å². The Morgan fingerprint density at radius 2 is 2.10 bits per heavy atom. The molecule has 1 aliphatic carbocycles. The highest BCUT2D eigenvalue weighted by Crippen LogP contribution is 2.32. The molecule has 2 aromatic heterocycles. The number of nitrogen functional groups attached to an aromatic ring is 1. The SMILES string of the molecule is CC1CCCC(NC(=O)c2sc3nccnc3c2N)C1C. The smallest absolute Gasteiger partial charge is 0.263 e. The topological polar surface area (TPSA) is 80.9 Å². The van der Waals surface area contributed by atoms with Crippen LogP contribution in [0.5, 0.6) is 0 Å². The first kappa shape index (κ1) is 14.3. The van der Waals surface area contributed by atoms with Gasteiger partial charge in [0.05, 0.1) is 5.69 Å². The van der Waals surface area contributed by atoms with Crippen LogP contribution in [0.15, 0.2) is 12.4 Å². The predicted octanol–water partition coefficient (Wildman–Crippen LogP) is 2.83. The number of anilines is 1. The van der Waals surface area contributed by atoms with Crippen LogP contribution in [-0.4, -0.2) is 21.9 Å². The van der Waals surface area contributed by atoms with Crippen molar-refractivity contribution in [2.24, 2.45) is 11.8 Å². The van der Waals surface area contributed by atoms with Gasteiger partial charge in [0.15, 0.2) is 0 Å². The number of nitrogens with zero attached hydrogens (tertiary/aromatic N) is 2. The molecule has 1 fully saturated rings. The third-order valence-corrected chi connectivity index (χ3v) is 5.69. The van der Waals surface area contributed by atoms with Gasteiger partial charge in [0.2, 0.25) is 0 Å². The van der Waals surface area contributed by atoms with Gasteiger partial charge in [-0.05, 0) is 18.3 Å². The normalized spacial score (nSPS) is 25.9. The Balaban J connectivity index is 1.82. The summed E-state index contributed by atoms with van der Waals surface area (Å²) in [6.45, 7) is 4.47. The molecule has 1 saturated carbocycles. The third kappa shape index (κ3) is 2.60. The second-order valence-electron chi connectivity index (χ2n) is 5.90. The van der Waals surface area contributed by atoms with Crippen molar-refractivity contribution in [3.63, 3.8) is 0 Å². The molecule has 2 heterocycles. The molecule has 2 aromatic rings. The molecule has 112 valence electrons. The highest BCUT2D eigenvalue weighted by Gasteiger charge is 2.29. The zero-order valence-electron chi connectivity index (χ0n) is 12.3. The molecule has 3 atom stereocenters. The number of nitrogens with two attached hydrogens (primary N) is 1. The Kier molecular flexibility index (Phi) is 3.80. The second-order valence-corrected chi connectivity index (χ2v) is 6.90. The number of thiophene rings is 1. The van der Waals surface area contributed by atoms with Crippen molar-refractivity contribution in [1.29, 1.82) is 0 Å². The number of carbonyl (C=O) groups is 1. The van der Waals surface area contributed by atoms with Gasteiger partial charge in [0.1, 0.15) is 15.2 Å². The zero-order valence-corrected chi connectivity index (χ0v) is 13.1. The van der Waals surface area contributed by atoms with Gasteiger partial charge in [-0.15, -0.1) is 11.3 Å². The number of rotatable bonds is 2. The van der Waals surface area contributed by atoms with Gasteiger partial charge in [-0.1, -0.05) is 26.7 Å². The van der Waals surface area contributed by atoms with E-state index in [4.69, 9.17) is 5.73 Å². The summed E-state index contributed by atoms with van der Waals surface area (Å²) >= 11 is 1.31. The lowest BCUT2D eigenvalue weighted by molar-refractivity contribution is 0.0896. The van der Waals surface area contributed by atoms with Crippen LogP contribution >= 0.6 is 11.3 Å². The quantitative estimate of drug-likeness (QED) is 0.894. The fraction of sp³-hybridized carbons (Fsp3) is 0.533. The van der Waals surface area contributed by atoms with Crippen molar-refractivity contribution in [3.8, 4) is 0 Å². The van der Waals surface area contributed by atoms with Crippen LogP contribution in [0.4, 0.5) is 5.69 Å². The zero-order chi connectivity index (χ0) is 15.0. The monoisotopic (exact) mass is 304 g/mol. The van der Waals surface area contributed by atoms with Gasteiger partial charge in [0, 0.05) is 18.4 Å². The van der Waals surface area contributed by atoms with Crippen LogP contribution in [-0.2, 0) is 0 Å². The number of aromatic nitrogens is 2. The molecule has 0 aliphatic heterocycles. The summed E-state index contributed by atoms with van der Waals surface area (Å²) in [7, 11) is 0. The molecule has 0 aromatic carbocycles. The van der Waals surface area contributed by atoms with Crippen molar-refractivity contribution < 1.29 is 4.79 Å². The van der Waals surface area contributed by atoms with Crippen LogP contribution in [0.1, 0.15) is 42.8 Å².